The fraction of sp³-hybridized carbons (Fsp3) is 0.600. The predicted molar refractivity (Wildman–Crippen MR) is 82.5 cm³/mol. The molecular weight excluding hydrogens is 254 g/mol. The van der Waals surface area contributed by atoms with E-state index in [1.165, 1.54) is 12.8 Å². The van der Waals surface area contributed by atoms with E-state index in [9.17, 15) is 10.1 Å². The molecule has 5 heteroatoms. The second-order valence-corrected chi connectivity index (χ2v) is 5.65. The highest BCUT2D eigenvalue weighted by atomic mass is 16.6. The molecule has 1 saturated carbocycles. The second-order valence-electron chi connectivity index (χ2n) is 5.65. The van der Waals surface area contributed by atoms with E-state index in [1.807, 2.05) is 19.1 Å². The lowest BCUT2D eigenvalue weighted by Crippen LogP contribution is -2.33. The third-order valence-corrected chi connectivity index (χ3v) is 3.65. The van der Waals surface area contributed by atoms with Crippen molar-refractivity contribution in [1.82, 2.24) is 0 Å². The Labute approximate surface area is 120 Å². The van der Waals surface area contributed by atoms with Crippen LogP contribution in [-0.2, 0) is 0 Å². The molecule has 2 rings (SSSR count). The lowest BCUT2D eigenvalue weighted by atomic mass is 10.1. The Bertz CT molecular complexity index is 484. The standard InChI is InChI=1S/C15H23N3O2/c1-4-16-13-6-5-7-14(15(13)18(19)20)17(11(2)3)10-12-8-9-12/h5-7,11-12,16H,4,8-10H2,1-3H3. The minimum absolute atomic E-state index is 0.198. The Balaban J connectivity index is 2.40. The van der Waals surface area contributed by atoms with Gasteiger partial charge < -0.3 is 10.2 Å². The molecule has 0 saturated heterocycles. The first kappa shape index (κ1) is 14.6. The van der Waals surface area contributed by atoms with Crippen molar-refractivity contribution in [1.29, 1.82) is 0 Å². The van der Waals surface area contributed by atoms with Crippen molar-refractivity contribution in [3.63, 3.8) is 0 Å². The van der Waals surface area contributed by atoms with Gasteiger partial charge in [0.15, 0.2) is 0 Å². The van der Waals surface area contributed by atoms with Gasteiger partial charge in [-0.2, -0.15) is 0 Å². The average Bonchev–Trinajstić information content (AvgIpc) is 3.19. The van der Waals surface area contributed by atoms with Crippen LogP contribution < -0.4 is 10.2 Å². The fourth-order valence-electron chi connectivity index (χ4n) is 2.45. The maximum atomic E-state index is 11.5. The van der Waals surface area contributed by atoms with Crippen LogP contribution in [0.1, 0.15) is 33.6 Å². The molecule has 0 atom stereocenters. The van der Waals surface area contributed by atoms with Crippen LogP contribution in [0, 0.1) is 16.0 Å². The summed E-state index contributed by atoms with van der Waals surface area (Å²) in [5, 5.41) is 14.6. The molecule has 0 heterocycles. The van der Waals surface area contributed by atoms with Crippen LogP contribution >= 0.6 is 0 Å². The number of rotatable bonds is 7. The number of nitrogens with one attached hydrogen (secondary N) is 1. The summed E-state index contributed by atoms with van der Waals surface area (Å²) in [4.78, 5) is 13.4. The van der Waals surface area contributed by atoms with E-state index in [-0.39, 0.29) is 16.7 Å². The Morgan fingerprint density at radius 3 is 2.65 bits per heavy atom. The van der Waals surface area contributed by atoms with Gasteiger partial charge in [-0.15, -0.1) is 0 Å². The van der Waals surface area contributed by atoms with Crippen molar-refractivity contribution in [2.75, 3.05) is 23.3 Å². The van der Waals surface area contributed by atoms with Gasteiger partial charge in [0.25, 0.3) is 0 Å². The summed E-state index contributed by atoms with van der Waals surface area (Å²) < 4.78 is 0. The van der Waals surface area contributed by atoms with Crippen LogP contribution in [0.5, 0.6) is 0 Å². The molecule has 0 radical (unpaired) electrons. The Hall–Kier alpha value is -1.78. The molecule has 1 aliphatic rings. The number of para-hydroxylation sites is 1. The Morgan fingerprint density at radius 1 is 1.45 bits per heavy atom. The summed E-state index contributed by atoms with van der Waals surface area (Å²) in [6.45, 7) is 7.71. The normalized spacial score (nSPS) is 14.4. The fourth-order valence-corrected chi connectivity index (χ4v) is 2.45. The molecule has 1 aromatic rings. The summed E-state index contributed by atoms with van der Waals surface area (Å²) in [6.07, 6.45) is 2.48. The van der Waals surface area contributed by atoms with E-state index in [0.29, 0.717) is 18.2 Å². The molecule has 20 heavy (non-hydrogen) atoms. The summed E-state index contributed by atoms with van der Waals surface area (Å²) in [6, 6.07) is 5.79. The topological polar surface area (TPSA) is 58.4 Å². The SMILES string of the molecule is CCNc1cccc(N(CC2CC2)C(C)C)c1[N+](=O)[O-]. The first-order chi connectivity index (χ1) is 9.54. The number of nitro groups is 1. The van der Waals surface area contributed by atoms with Crippen molar-refractivity contribution >= 4 is 17.1 Å². The lowest BCUT2D eigenvalue weighted by Gasteiger charge is -2.29. The van der Waals surface area contributed by atoms with Gasteiger partial charge in [-0.1, -0.05) is 6.07 Å². The average molecular weight is 277 g/mol. The monoisotopic (exact) mass is 277 g/mol. The van der Waals surface area contributed by atoms with E-state index in [4.69, 9.17) is 0 Å². The summed E-state index contributed by atoms with van der Waals surface area (Å²) in [5.74, 6) is 0.694. The molecule has 1 aromatic carbocycles. The van der Waals surface area contributed by atoms with Gasteiger partial charge in [0.1, 0.15) is 11.4 Å². The lowest BCUT2D eigenvalue weighted by molar-refractivity contribution is -0.383. The van der Waals surface area contributed by atoms with Gasteiger partial charge in [0.2, 0.25) is 0 Å². The molecule has 5 nitrogen and oxygen atoms in total. The zero-order chi connectivity index (χ0) is 14.7. The quantitative estimate of drug-likeness (QED) is 0.610. The smallest absolute Gasteiger partial charge is 0.315 e. The molecule has 110 valence electrons. The zero-order valence-electron chi connectivity index (χ0n) is 12.4. The number of hydrogen-bond donors (Lipinski definition) is 1. The molecule has 0 bridgehead atoms. The first-order valence-electron chi connectivity index (χ1n) is 7.32. The van der Waals surface area contributed by atoms with E-state index >= 15 is 0 Å². The van der Waals surface area contributed by atoms with Crippen LogP contribution in [-0.4, -0.2) is 24.1 Å². The number of benzene rings is 1. The van der Waals surface area contributed by atoms with Gasteiger partial charge in [-0.25, -0.2) is 0 Å². The van der Waals surface area contributed by atoms with E-state index in [1.54, 1.807) is 6.07 Å². The highest BCUT2D eigenvalue weighted by Crippen LogP contribution is 2.39. The van der Waals surface area contributed by atoms with Crippen molar-refractivity contribution in [2.24, 2.45) is 5.92 Å². The summed E-state index contributed by atoms with van der Waals surface area (Å²) >= 11 is 0. The highest BCUT2D eigenvalue weighted by Gasteiger charge is 2.30. The number of hydrogen-bond acceptors (Lipinski definition) is 4. The molecule has 1 N–H and O–H groups in total. The molecule has 0 aliphatic heterocycles. The molecule has 1 fully saturated rings. The molecule has 1 aliphatic carbocycles. The van der Waals surface area contributed by atoms with Gasteiger partial charge in [-0.3, -0.25) is 10.1 Å². The molecular formula is C15H23N3O2. The highest BCUT2D eigenvalue weighted by molar-refractivity contribution is 5.77. The van der Waals surface area contributed by atoms with Crippen LogP contribution in [0.3, 0.4) is 0 Å². The van der Waals surface area contributed by atoms with Gasteiger partial charge in [-0.05, 0) is 51.7 Å². The van der Waals surface area contributed by atoms with E-state index < -0.39 is 0 Å². The van der Waals surface area contributed by atoms with Crippen LogP contribution in [0.2, 0.25) is 0 Å². The summed E-state index contributed by atoms with van der Waals surface area (Å²) in [7, 11) is 0. The molecule has 0 aromatic heterocycles. The van der Waals surface area contributed by atoms with Crippen LogP contribution in [0.4, 0.5) is 17.1 Å². The Morgan fingerprint density at radius 2 is 2.15 bits per heavy atom. The zero-order valence-corrected chi connectivity index (χ0v) is 12.4. The maximum absolute atomic E-state index is 11.5. The van der Waals surface area contributed by atoms with Crippen LogP contribution in [0.25, 0.3) is 0 Å². The Kier molecular flexibility index (Phi) is 4.47. The maximum Gasteiger partial charge on any atom is 0.315 e. The van der Waals surface area contributed by atoms with Gasteiger partial charge >= 0.3 is 5.69 Å². The largest absolute Gasteiger partial charge is 0.380 e. The van der Waals surface area contributed by atoms with Crippen molar-refractivity contribution in [3.8, 4) is 0 Å². The van der Waals surface area contributed by atoms with Crippen molar-refractivity contribution < 1.29 is 4.92 Å². The van der Waals surface area contributed by atoms with Gasteiger partial charge in [0.05, 0.1) is 4.92 Å². The second kappa shape index (κ2) is 6.11. The molecule has 0 unspecified atom stereocenters. The predicted octanol–water partition coefficient (Wildman–Crippen LogP) is 3.65. The van der Waals surface area contributed by atoms with Gasteiger partial charge in [0, 0.05) is 19.1 Å². The van der Waals surface area contributed by atoms with Crippen LogP contribution in [0.15, 0.2) is 18.2 Å². The van der Waals surface area contributed by atoms with Crippen molar-refractivity contribution in [3.05, 3.63) is 28.3 Å². The number of nitro benzene ring substituents is 1. The van der Waals surface area contributed by atoms with E-state index in [2.05, 4.69) is 24.1 Å². The van der Waals surface area contributed by atoms with Crippen molar-refractivity contribution in [2.45, 2.75) is 39.7 Å². The number of anilines is 2. The first-order valence-corrected chi connectivity index (χ1v) is 7.32. The molecule has 0 spiro atoms. The minimum atomic E-state index is -0.268. The van der Waals surface area contributed by atoms with E-state index in [0.717, 1.165) is 12.2 Å². The third kappa shape index (κ3) is 3.21. The summed E-state index contributed by atoms with van der Waals surface area (Å²) in [5.41, 5.74) is 1.54. The number of nitrogens with zero attached hydrogens (tertiary/aromatic N) is 2. The third-order valence-electron chi connectivity index (χ3n) is 3.65. The minimum Gasteiger partial charge on any atom is -0.380 e. The molecule has 0 amide bonds.